The predicted octanol–water partition coefficient (Wildman–Crippen LogP) is 1.71. The molecule has 1 aromatic carbocycles. The molecular formula is C14H18N2O. The molecule has 2 rings (SSSR count). The second-order valence-corrected chi connectivity index (χ2v) is 4.17. The van der Waals surface area contributed by atoms with E-state index >= 15 is 0 Å². The summed E-state index contributed by atoms with van der Waals surface area (Å²) in [4.78, 5) is 3.02. The standard InChI is InChI=1S/C14H18N2O/c17-11-14(8-12-4-2-1-3-5-12)16-10-13-6-7-15-9-13/h1-7,9,14-17H,8,10-11H2/t14-/m1/s1. The Morgan fingerprint density at radius 1 is 1.12 bits per heavy atom. The van der Waals surface area contributed by atoms with Crippen LogP contribution in [0.4, 0.5) is 0 Å². The van der Waals surface area contributed by atoms with Crippen molar-refractivity contribution in [3.8, 4) is 0 Å². The molecule has 0 aliphatic heterocycles. The van der Waals surface area contributed by atoms with Crippen molar-refractivity contribution >= 4 is 0 Å². The van der Waals surface area contributed by atoms with Gasteiger partial charge in [-0.25, -0.2) is 0 Å². The van der Waals surface area contributed by atoms with Crippen LogP contribution in [0.1, 0.15) is 11.1 Å². The zero-order chi connectivity index (χ0) is 11.9. The Kier molecular flexibility index (Phi) is 4.36. The maximum atomic E-state index is 9.35. The van der Waals surface area contributed by atoms with Gasteiger partial charge in [-0.1, -0.05) is 30.3 Å². The predicted molar refractivity (Wildman–Crippen MR) is 68.7 cm³/mol. The van der Waals surface area contributed by atoms with Crippen LogP contribution in [0.25, 0.3) is 0 Å². The van der Waals surface area contributed by atoms with Crippen molar-refractivity contribution in [1.82, 2.24) is 10.3 Å². The summed E-state index contributed by atoms with van der Waals surface area (Å²) in [5, 5.41) is 12.7. The summed E-state index contributed by atoms with van der Waals surface area (Å²) in [6, 6.07) is 12.4. The molecule has 3 heteroatoms. The van der Waals surface area contributed by atoms with Crippen molar-refractivity contribution in [2.24, 2.45) is 0 Å². The molecule has 0 spiro atoms. The summed E-state index contributed by atoms with van der Waals surface area (Å²) in [5.74, 6) is 0. The van der Waals surface area contributed by atoms with Crippen LogP contribution < -0.4 is 5.32 Å². The van der Waals surface area contributed by atoms with Crippen LogP contribution in [0.2, 0.25) is 0 Å². The van der Waals surface area contributed by atoms with Crippen LogP contribution in [0, 0.1) is 0 Å². The quantitative estimate of drug-likeness (QED) is 0.707. The SMILES string of the molecule is OC[C@@H](Cc1ccccc1)NCc1cc[nH]c1. The highest BCUT2D eigenvalue weighted by Gasteiger charge is 2.07. The van der Waals surface area contributed by atoms with Crippen molar-refractivity contribution in [2.75, 3.05) is 6.61 Å². The molecule has 1 aromatic heterocycles. The van der Waals surface area contributed by atoms with Gasteiger partial charge >= 0.3 is 0 Å². The highest BCUT2D eigenvalue weighted by Crippen LogP contribution is 2.04. The minimum atomic E-state index is 0.104. The van der Waals surface area contributed by atoms with Crippen molar-refractivity contribution < 1.29 is 5.11 Å². The summed E-state index contributed by atoms with van der Waals surface area (Å²) < 4.78 is 0. The van der Waals surface area contributed by atoms with Gasteiger partial charge in [0.2, 0.25) is 0 Å². The number of aromatic amines is 1. The monoisotopic (exact) mass is 230 g/mol. The average Bonchev–Trinajstić information content (AvgIpc) is 2.89. The molecule has 1 heterocycles. The van der Waals surface area contributed by atoms with E-state index in [1.54, 1.807) is 0 Å². The van der Waals surface area contributed by atoms with E-state index in [4.69, 9.17) is 0 Å². The summed E-state index contributed by atoms with van der Waals surface area (Å²) in [6.45, 7) is 0.931. The van der Waals surface area contributed by atoms with Gasteiger partial charge < -0.3 is 15.4 Å². The third-order valence-electron chi connectivity index (χ3n) is 2.80. The second kappa shape index (κ2) is 6.23. The van der Waals surface area contributed by atoms with Crippen LogP contribution in [-0.4, -0.2) is 22.7 Å². The average molecular weight is 230 g/mol. The molecule has 90 valence electrons. The minimum Gasteiger partial charge on any atom is -0.395 e. The van der Waals surface area contributed by atoms with Gasteiger partial charge in [-0.2, -0.15) is 0 Å². The Hall–Kier alpha value is -1.58. The third-order valence-corrected chi connectivity index (χ3v) is 2.80. The van der Waals surface area contributed by atoms with E-state index in [1.165, 1.54) is 11.1 Å². The number of aliphatic hydroxyl groups is 1. The fourth-order valence-corrected chi connectivity index (χ4v) is 1.83. The van der Waals surface area contributed by atoms with Gasteiger partial charge in [-0.05, 0) is 23.6 Å². The number of benzene rings is 1. The van der Waals surface area contributed by atoms with Crippen molar-refractivity contribution in [3.63, 3.8) is 0 Å². The number of aliphatic hydroxyl groups excluding tert-OH is 1. The van der Waals surface area contributed by atoms with E-state index in [9.17, 15) is 5.11 Å². The Morgan fingerprint density at radius 2 is 1.94 bits per heavy atom. The van der Waals surface area contributed by atoms with E-state index < -0.39 is 0 Å². The molecule has 0 saturated carbocycles. The Balaban J connectivity index is 1.85. The third kappa shape index (κ3) is 3.73. The molecule has 0 amide bonds. The molecule has 0 aliphatic carbocycles. The topological polar surface area (TPSA) is 48.0 Å². The largest absolute Gasteiger partial charge is 0.395 e. The lowest BCUT2D eigenvalue weighted by molar-refractivity contribution is 0.241. The van der Waals surface area contributed by atoms with Gasteiger partial charge in [-0.3, -0.25) is 0 Å². The van der Waals surface area contributed by atoms with E-state index in [-0.39, 0.29) is 12.6 Å². The molecule has 1 atom stereocenters. The number of rotatable bonds is 6. The van der Waals surface area contributed by atoms with Gasteiger partial charge in [-0.15, -0.1) is 0 Å². The van der Waals surface area contributed by atoms with Gasteiger partial charge in [0.05, 0.1) is 6.61 Å². The first-order valence-corrected chi connectivity index (χ1v) is 5.88. The number of hydrogen-bond donors (Lipinski definition) is 3. The minimum absolute atomic E-state index is 0.104. The molecule has 2 aromatic rings. The number of H-pyrrole nitrogens is 1. The molecule has 0 fully saturated rings. The summed E-state index contributed by atoms with van der Waals surface area (Å²) >= 11 is 0. The van der Waals surface area contributed by atoms with E-state index in [2.05, 4.69) is 22.4 Å². The summed E-state index contributed by atoms with van der Waals surface area (Å²) in [5.41, 5.74) is 2.45. The first-order valence-electron chi connectivity index (χ1n) is 5.88. The molecule has 3 N–H and O–H groups in total. The van der Waals surface area contributed by atoms with Gasteiger partial charge in [0, 0.05) is 25.0 Å². The lowest BCUT2D eigenvalue weighted by Crippen LogP contribution is -2.33. The van der Waals surface area contributed by atoms with Crippen LogP contribution in [0.5, 0.6) is 0 Å². The van der Waals surface area contributed by atoms with Crippen LogP contribution in [0.15, 0.2) is 48.8 Å². The van der Waals surface area contributed by atoms with Gasteiger partial charge in [0.15, 0.2) is 0 Å². The second-order valence-electron chi connectivity index (χ2n) is 4.17. The van der Waals surface area contributed by atoms with E-state index in [1.807, 2.05) is 36.7 Å². The molecular weight excluding hydrogens is 212 g/mol. The molecule has 0 radical (unpaired) electrons. The molecule has 3 nitrogen and oxygen atoms in total. The van der Waals surface area contributed by atoms with Crippen LogP contribution in [0.3, 0.4) is 0 Å². The molecule has 0 unspecified atom stereocenters. The van der Waals surface area contributed by atoms with Crippen molar-refractivity contribution in [1.29, 1.82) is 0 Å². The fraction of sp³-hybridized carbons (Fsp3) is 0.286. The van der Waals surface area contributed by atoms with Crippen molar-refractivity contribution in [2.45, 2.75) is 19.0 Å². The Morgan fingerprint density at radius 3 is 2.59 bits per heavy atom. The molecule has 0 bridgehead atoms. The van der Waals surface area contributed by atoms with Crippen LogP contribution in [-0.2, 0) is 13.0 Å². The first-order chi connectivity index (χ1) is 8.38. The Labute approximate surface area is 102 Å². The maximum absolute atomic E-state index is 9.35. The zero-order valence-electron chi connectivity index (χ0n) is 9.76. The normalized spacial score (nSPS) is 12.5. The summed E-state index contributed by atoms with van der Waals surface area (Å²) in [6.07, 6.45) is 4.72. The number of aromatic nitrogens is 1. The van der Waals surface area contributed by atoms with Crippen molar-refractivity contribution in [3.05, 3.63) is 59.9 Å². The van der Waals surface area contributed by atoms with Gasteiger partial charge in [0.1, 0.15) is 0 Å². The highest BCUT2D eigenvalue weighted by molar-refractivity contribution is 5.16. The zero-order valence-corrected chi connectivity index (χ0v) is 9.76. The molecule has 0 saturated heterocycles. The Bertz CT molecular complexity index is 411. The maximum Gasteiger partial charge on any atom is 0.0587 e. The molecule has 0 aliphatic rings. The van der Waals surface area contributed by atoms with Gasteiger partial charge in [0.25, 0.3) is 0 Å². The smallest absolute Gasteiger partial charge is 0.0587 e. The molecule has 17 heavy (non-hydrogen) atoms. The van der Waals surface area contributed by atoms with Crippen LogP contribution >= 0.6 is 0 Å². The van der Waals surface area contributed by atoms with E-state index in [0.29, 0.717) is 0 Å². The number of hydrogen-bond acceptors (Lipinski definition) is 2. The lowest BCUT2D eigenvalue weighted by atomic mass is 10.1. The number of nitrogens with one attached hydrogen (secondary N) is 2. The highest BCUT2D eigenvalue weighted by atomic mass is 16.3. The van der Waals surface area contributed by atoms with E-state index in [0.717, 1.165) is 13.0 Å². The lowest BCUT2D eigenvalue weighted by Gasteiger charge is -2.15. The summed E-state index contributed by atoms with van der Waals surface area (Å²) in [7, 11) is 0. The first kappa shape index (κ1) is 11.9. The fourth-order valence-electron chi connectivity index (χ4n) is 1.83.